The van der Waals surface area contributed by atoms with E-state index >= 15 is 0 Å². The van der Waals surface area contributed by atoms with E-state index in [0.717, 1.165) is 18.5 Å². The summed E-state index contributed by atoms with van der Waals surface area (Å²) in [7, 11) is 0. The maximum Gasteiger partial charge on any atom is 0.248 e. The van der Waals surface area contributed by atoms with Gasteiger partial charge in [-0.1, -0.05) is 25.4 Å². The van der Waals surface area contributed by atoms with E-state index in [4.69, 9.17) is 23.1 Å². The number of rotatable bonds is 6. The van der Waals surface area contributed by atoms with Crippen molar-refractivity contribution in [3.05, 3.63) is 28.8 Å². The standard InChI is InChI=1S/C13H20ClN3O/c1-3-13(4-2,8-15)17-11-6-5-9(12(16)18)7-10(11)14/h5-7,17H,3-4,8,15H2,1-2H3,(H2,16,18). The first-order valence-electron chi connectivity index (χ1n) is 6.05. The van der Waals surface area contributed by atoms with Gasteiger partial charge in [0.15, 0.2) is 0 Å². The molecule has 100 valence electrons. The van der Waals surface area contributed by atoms with Crippen molar-refractivity contribution in [2.75, 3.05) is 11.9 Å². The van der Waals surface area contributed by atoms with Gasteiger partial charge in [0.1, 0.15) is 0 Å². The summed E-state index contributed by atoms with van der Waals surface area (Å²) in [5, 5.41) is 3.84. The Labute approximate surface area is 113 Å². The van der Waals surface area contributed by atoms with Gasteiger partial charge in [-0.3, -0.25) is 4.79 Å². The van der Waals surface area contributed by atoms with Crippen molar-refractivity contribution in [2.24, 2.45) is 11.5 Å². The summed E-state index contributed by atoms with van der Waals surface area (Å²) >= 11 is 6.14. The maximum absolute atomic E-state index is 11.0. The van der Waals surface area contributed by atoms with Crippen molar-refractivity contribution in [2.45, 2.75) is 32.2 Å². The van der Waals surface area contributed by atoms with Crippen molar-refractivity contribution in [3.63, 3.8) is 0 Å². The van der Waals surface area contributed by atoms with Gasteiger partial charge in [-0.25, -0.2) is 0 Å². The highest BCUT2D eigenvalue weighted by Crippen LogP contribution is 2.28. The highest BCUT2D eigenvalue weighted by atomic mass is 35.5. The molecular formula is C13H20ClN3O. The second-order valence-corrected chi connectivity index (χ2v) is 4.78. The quantitative estimate of drug-likeness (QED) is 0.742. The summed E-state index contributed by atoms with van der Waals surface area (Å²) in [5.41, 5.74) is 12.0. The predicted octanol–water partition coefficient (Wildman–Crippen LogP) is 2.37. The number of nitrogens with two attached hydrogens (primary N) is 2. The molecule has 0 fully saturated rings. The first-order chi connectivity index (χ1) is 8.48. The summed E-state index contributed by atoms with van der Waals surface area (Å²) in [6, 6.07) is 4.99. The molecule has 18 heavy (non-hydrogen) atoms. The van der Waals surface area contributed by atoms with Crippen molar-refractivity contribution in [1.29, 1.82) is 0 Å². The van der Waals surface area contributed by atoms with E-state index in [1.807, 2.05) is 0 Å². The second kappa shape index (κ2) is 6.07. The van der Waals surface area contributed by atoms with Crippen molar-refractivity contribution >= 4 is 23.2 Å². The summed E-state index contributed by atoms with van der Waals surface area (Å²) < 4.78 is 0. The number of carbonyl (C=O) groups excluding carboxylic acids is 1. The van der Waals surface area contributed by atoms with Gasteiger partial charge in [-0.15, -0.1) is 0 Å². The molecule has 0 heterocycles. The van der Waals surface area contributed by atoms with Crippen LogP contribution in [0.1, 0.15) is 37.0 Å². The molecule has 0 atom stereocenters. The van der Waals surface area contributed by atoms with Crippen LogP contribution in [0.3, 0.4) is 0 Å². The summed E-state index contributed by atoms with van der Waals surface area (Å²) in [4.78, 5) is 11.0. The van der Waals surface area contributed by atoms with Crippen LogP contribution in [0.25, 0.3) is 0 Å². The van der Waals surface area contributed by atoms with Crippen molar-refractivity contribution in [1.82, 2.24) is 0 Å². The molecule has 0 aliphatic rings. The Bertz CT molecular complexity index is 422. The molecule has 0 saturated heterocycles. The molecule has 1 amide bonds. The van der Waals surface area contributed by atoms with Crippen LogP contribution in [0, 0.1) is 0 Å². The smallest absolute Gasteiger partial charge is 0.248 e. The van der Waals surface area contributed by atoms with Crippen molar-refractivity contribution < 1.29 is 4.79 Å². The van der Waals surface area contributed by atoms with Crippen LogP contribution in [-0.2, 0) is 0 Å². The number of halogens is 1. The molecule has 1 rings (SSSR count). The minimum Gasteiger partial charge on any atom is -0.377 e. The first-order valence-corrected chi connectivity index (χ1v) is 6.43. The van der Waals surface area contributed by atoms with E-state index in [0.29, 0.717) is 17.1 Å². The zero-order chi connectivity index (χ0) is 13.8. The van der Waals surface area contributed by atoms with E-state index in [-0.39, 0.29) is 5.54 Å². The fraction of sp³-hybridized carbons (Fsp3) is 0.462. The fourth-order valence-corrected chi connectivity index (χ4v) is 2.05. The van der Waals surface area contributed by atoms with Crippen LogP contribution in [0.4, 0.5) is 5.69 Å². The number of hydrogen-bond donors (Lipinski definition) is 3. The Morgan fingerprint density at radius 2 is 2.00 bits per heavy atom. The number of hydrogen-bond acceptors (Lipinski definition) is 3. The first kappa shape index (κ1) is 14.8. The Kier molecular flexibility index (Phi) is 4.99. The number of nitrogens with one attached hydrogen (secondary N) is 1. The Balaban J connectivity index is 3.01. The average molecular weight is 270 g/mol. The predicted molar refractivity (Wildman–Crippen MR) is 76.0 cm³/mol. The fourth-order valence-electron chi connectivity index (χ4n) is 1.82. The molecule has 0 aromatic heterocycles. The number of carbonyl (C=O) groups is 1. The third kappa shape index (κ3) is 3.15. The normalized spacial score (nSPS) is 11.3. The van der Waals surface area contributed by atoms with Crippen LogP contribution in [0.15, 0.2) is 18.2 Å². The molecular weight excluding hydrogens is 250 g/mol. The van der Waals surface area contributed by atoms with E-state index in [9.17, 15) is 4.79 Å². The lowest BCUT2D eigenvalue weighted by Crippen LogP contribution is -2.44. The molecule has 4 nitrogen and oxygen atoms in total. The molecule has 0 aliphatic heterocycles. The molecule has 5 N–H and O–H groups in total. The number of primary amides is 1. The van der Waals surface area contributed by atoms with E-state index in [2.05, 4.69) is 19.2 Å². The minimum absolute atomic E-state index is 0.169. The molecule has 0 unspecified atom stereocenters. The average Bonchev–Trinajstić information content (AvgIpc) is 2.38. The van der Waals surface area contributed by atoms with E-state index < -0.39 is 5.91 Å². The molecule has 0 saturated carbocycles. The number of anilines is 1. The lowest BCUT2D eigenvalue weighted by atomic mass is 9.92. The van der Waals surface area contributed by atoms with Gasteiger partial charge in [-0.2, -0.15) is 0 Å². The monoisotopic (exact) mass is 269 g/mol. The molecule has 0 spiro atoms. The van der Waals surface area contributed by atoms with E-state index in [1.54, 1.807) is 18.2 Å². The SMILES string of the molecule is CCC(CC)(CN)Nc1ccc(C(N)=O)cc1Cl. The van der Waals surface area contributed by atoms with Crippen molar-refractivity contribution in [3.8, 4) is 0 Å². The lowest BCUT2D eigenvalue weighted by Gasteiger charge is -2.33. The van der Waals surface area contributed by atoms with Crippen LogP contribution in [0.2, 0.25) is 5.02 Å². The van der Waals surface area contributed by atoms with Crippen LogP contribution in [-0.4, -0.2) is 18.0 Å². The molecule has 0 bridgehead atoms. The third-order valence-electron chi connectivity index (χ3n) is 3.40. The maximum atomic E-state index is 11.0. The molecule has 0 aliphatic carbocycles. The Morgan fingerprint density at radius 3 is 2.39 bits per heavy atom. The van der Waals surface area contributed by atoms with Gasteiger partial charge in [0.2, 0.25) is 5.91 Å². The topological polar surface area (TPSA) is 81.1 Å². The van der Waals surface area contributed by atoms with E-state index in [1.165, 1.54) is 0 Å². The van der Waals surface area contributed by atoms with Gasteiger partial charge in [0.25, 0.3) is 0 Å². The summed E-state index contributed by atoms with van der Waals surface area (Å²) in [5.74, 6) is -0.487. The number of benzene rings is 1. The molecule has 0 radical (unpaired) electrons. The second-order valence-electron chi connectivity index (χ2n) is 4.38. The molecule has 5 heteroatoms. The van der Waals surface area contributed by atoms with Gasteiger partial charge in [0, 0.05) is 17.6 Å². The van der Waals surface area contributed by atoms with Gasteiger partial charge in [-0.05, 0) is 31.0 Å². The molecule has 1 aromatic rings. The van der Waals surface area contributed by atoms with Crippen LogP contribution >= 0.6 is 11.6 Å². The zero-order valence-corrected chi connectivity index (χ0v) is 11.6. The lowest BCUT2D eigenvalue weighted by molar-refractivity contribution is 0.100. The third-order valence-corrected chi connectivity index (χ3v) is 3.71. The summed E-state index contributed by atoms with van der Waals surface area (Å²) in [6.45, 7) is 4.68. The Morgan fingerprint density at radius 1 is 1.39 bits per heavy atom. The van der Waals surface area contributed by atoms with Gasteiger partial charge in [0.05, 0.1) is 10.7 Å². The highest BCUT2D eigenvalue weighted by Gasteiger charge is 2.24. The van der Waals surface area contributed by atoms with Crippen LogP contribution in [0.5, 0.6) is 0 Å². The summed E-state index contributed by atoms with van der Waals surface area (Å²) in [6.07, 6.45) is 1.79. The van der Waals surface area contributed by atoms with Crippen LogP contribution < -0.4 is 16.8 Å². The highest BCUT2D eigenvalue weighted by molar-refractivity contribution is 6.33. The largest absolute Gasteiger partial charge is 0.377 e. The molecule has 1 aromatic carbocycles. The minimum atomic E-state index is -0.487. The number of amides is 1. The van der Waals surface area contributed by atoms with Gasteiger partial charge < -0.3 is 16.8 Å². The zero-order valence-electron chi connectivity index (χ0n) is 10.8. The van der Waals surface area contributed by atoms with Gasteiger partial charge >= 0.3 is 0 Å². The Hall–Kier alpha value is -1.26.